The molecule has 2 aromatic carbocycles. The van der Waals surface area contributed by atoms with E-state index < -0.39 is 0 Å². The lowest BCUT2D eigenvalue weighted by molar-refractivity contribution is 0.690. The van der Waals surface area contributed by atoms with Gasteiger partial charge in [0.15, 0.2) is 0 Å². The van der Waals surface area contributed by atoms with E-state index in [0.29, 0.717) is 0 Å². The standard InChI is InChI=1S/C17H19BrN2/c18-16-8-6-13(7-9-16)11-19-12-15-4-1-3-14-5-2-10-20-17(14)15/h1,3-4,6-9,19-20H,2,5,10-12H2. The molecule has 1 aliphatic heterocycles. The number of hydrogen-bond donors (Lipinski definition) is 2. The zero-order chi connectivity index (χ0) is 13.8. The van der Waals surface area contributed by atoms with E-state index in [1.165, 1.54) is 35.2 Å². The Labute approximate surface area is 128 Å². The lowest BCUT2D eigenvalue weighted by atomic mass is 9.99. The number of rotatable bonds is 4. The summed E-state index contributed by atoms with van der Waals surface area (Å²) in [6.07, 6.45) is 2.44. The average molecular weight is 331 g/mol. The minimum atomic E-state index is 0.900. The second kappa shape index (κ2) is 6.42. The molecule has 0 amide bonds. The lowest BCUT2D eigenvalue weighted by Crippen LogP contribution is -2.18. The van der Waals surface area contributed by atoms with Gasteiger partial charge in [-0.1, -0.05) is 46.3 Å². The van der Waals surface area contributed by atoms with Crippen molar-refractivity contribution in [1.29, 1.82) is 0 Å². The number of fused-ring (bicyclic) bond motifs is 1. The number of para-hydroxylation sites is 1. The molecule has 0 aliphatic carbocycles. The van der Waals surface area contributed by atoms with Gasteiger partial charge in [-0.15, -0.1) is 0 Å². The molecule has 2 nitrogen and oxygen atoms in total. The normalized spacial score (nSPS) is 13.7. The molecule has 3 rings (SSSR count). The van der Waals surface area contributed by atoms with Crippen LogP contribution in [0.5, 0.6) is 0 Å². The van der Waals surface area contributed by atoms with Gasteiger partial charge in [0.25, 0.3) is 0 Å². The summed E-state index contributed by atoms with van der Waals surface area (Å²) in [6, 6.07) is 15.1. The van der Waals surface area contributed by atoms with Crippen molar-refractivity contribution in [2.75, 3.05) is 11.9 Å². The van der Waals surface area contributed by atoms with E-state index in [2.05, 4.69) is 69.0 Å². The van der Waals surface area contributed by atoms with Crippen molar-refractivity contribution >= 4 is 21.6 Å². The van der Waals surface area contributed by atoms with Crippen molar-refractivity contribution in [2.45, 2.75) is 25.9 Å². The monoisotopic (exact) mass is 330 g/mol. The molecule has 0 saturated heterocycles. The summed E-state index contributed by atoms with van der Waals surface area (Å²) < 4.78 is 1.13. The Bertz CT molecular complexity index is 578. The van der Waals surface area contributed by atoms with Crippen LogP contribution in [-0.2, 0) is 19.5 Å². The van der Waals surface area contributed by atoms with Crippen LogP contribution in [0.3, 0.4) is 0 Å². The van der Waals surface area contributed by atoms with Crippen molar-refractivity contribution in [3.8, 4) is 0 Å². The third-order valence-corrected chi connectivity index (χ3v) is 4.25. The first-order chi connectivity index (χ1) is 9.83. The second-order valence-corrected chi connectivity index (χ2v) is 6.13. The van der Waals surface area contributed by atoms with Crippen LogP contribution >= 0.6 is 15.9 Å². The SMILES string of the molecule is Brc1ccc(CNCc2cccc3c2NCCC3)cc1. The molecule has 3 heteroatoms. The third kappa shape index (κ3) is 3.22. The summed E-state index contributed by atoms with van der Waals surface area (Å²) in [4.78, 5) is 0. The predicted molar refractivity (Wildman–Crippen MR) is 87.9 cm³/mol. The number of nitrogens with one attached hydrogen (secondary N) is 2. The third-order valence-electron chi connectivity index (χ3n) is 3.72. The van der Waals surface area contributed by atoms with Crippen molar-refractivity contribution in [3.63, 3.8) is 0 Å². The van der Waals surface area contributed by atoms with E-state index >= 15 is 0 Å². The molecule has 0 spiro atoms. The Balaban J connectivity index is 1.62. The first-order valence-corrected chi connectivity index (χ1v) is 7.92. The molecule has 2 aromatic rings. The van der Waals surface area contributed by atoms with Crippen molar-refractivity contribution < 1.29 is 0 Å². The van der Waals surface area contributed by atoms with Gasteiger partial charge in [0, 0.05) is 29.8 Å². The van der Waals surface area contributed by atoms with Crippen molar-refractivity contribution in [1.82, 2.24) is 5.32 Å². The fourth-order valence-electron chi connectivity index (χ4n) is 2.67. The largest absolute Gasteiger partial charge is 0.385 e. The van der Waals surface area contributed by atoms with E-state index in [1.807, 2.05) is 0 Å². The zero-order valence-corrected chi connectivity index (χ0v) is 13.0. The summed E-state index contributed by atoms with van der Waals surface area (Å²) in [5.41, 5.74) is 5.49. The molecule has 0 unspecified atom stereocenters. The lowest BCUT2D eigenvalue weighted by Gasteiger charge is -2.21. The van der Waals surface area contributed by atoms with Gasteiger partial charge in [-0.05, 0) is 41.7 Å². The van der Waals surface area contributed by atoms with E-state index in [4.69, 9.17) is 0 Å². The van der Waals surface area contributed by atoms with Gasteiger partial charge >= 0.3 is 0 Å². The molecule has 0 bridgehead atoms. The number of anilines is 1. The van der Waals surface area contributed by atoms with Gasteiger partial charge in [-0.25, -0.2) is 0 Å². The Hall–Kier alpha value is -1.32. The highest BCUT2D eigenvalue weighted by atomic mass is 79.9. The van der Waals surface area contributed by atoms with Crippen molar-refractivity contribution in [2.24, 2.45) is 0 Å². The van der Waals surface area contributed by atoms with E-state index in [0.717, 1.165) is 24.1 Å². The fourth-order valence-corrected chi connectivity index (χ4v) is 2.94. The Morgan fingerprint density at radius 3 is 2.75 bits per heavy atom. The van der Waals surface area contributed by atoms with Crippen LogP contribution in [0.2, 0.25) is 0 Å². The Morgan fingerprint density at radius 2 is 1.90 bits per heavy atom. The summed E-state index contributed by atoms with van der Waals surface area (Å²) in [6.45, 7) is 2.90. The summed E-state index contributed by atoms with van der Waals surface area (Å²) in [5.74, 6) is 0. The predicted octanol–water partition coefficient (Wildman–Crippen LogP) is 4.10. The van der Waals surface area contributed by atoms with Crippen LogP contribution in [0.4, 0.5) is 5.69 Å². The fraction of sp³-hybridized carbons (Fsp3) is 0.294. The van der Waals surface area contributed by atoms with Crippen LogP contribution < -0.4 is 10.6 Å². The molecule has 0 fully saturated rings. The highest BCUT2D eigenvalue weighted by Crippen LogP contribution is 2.25. The van der Waals surface area contributed by atoms with E-state index in [-0.39, 0.29) is 0 Å². The van der Waals surface area contributed by atoms with Crippen LogP contribution in [0, 0.1) is 0 Å². The van der Waals surface area contributed by atoms with Crippen molar-refractivity contribution in [3.05, 3.63) is 63.6 Å². The minimum Gasteiger partial charge on any atom is -0.385 e. The van der Waals surface area contributed by atoms with Crippen LogP contribution in [0.25, 0.3) is 0 Å². The van der Waals surface area contributed by atoms with Gasteiger partial charge < -0.3 is 10.6 Å². The summed E-state index contributed by atoms with van der Waals surface area (Å²) in [5, 5.41) is 7.07. The van der Waals surface area contributed by atoms with Crippen LogP contribution in [0.1, 0.15) is 23.1 Å². The molecular formula is C17H19BrN2. The molecular weight excluding hydrogens is 312 g/mol. The maximum Gasteiger partial charge on any atom is 0.0418 e. The van der Waals surface area contributed by atoms with Gasteiger partial charge in [0.05, 0.1) is 0 Å². The molecule has 0 saturated carbocycles. The first kappa shape index (κ1) is 13.7. The number of hydrogen-bond acceptors (Lipinski definition) is 2. The molecule has 0 aromatic heterocycles. The molecule has 20 heavy (non-hydrogen) atoms. The summed E-state index contributed by atoms with van der Waals surface area (Å²) in [7, 11) is 0. The molecule has 2 N–H and O–H groups in total. The number of halogens is 1. The molecule has 0 radical (unpaired) electrons. The average Bonchev–Trinajstić information content (AvgIpc) is 2.49. The van der Waals surface area contributed by atoms with Crippen LogP contribution in [-0.4, -0.2) is 6.54 Å². The van der Waals surface area contributed by atoms with Gasteiger partial charge in [0.1, 0.15) is 0 Å². The highest BCUT2D eigenvalue weighted by Gasteiger charge is 2.11. The first-order valence-electron chi connectivity index (χ1n) is 7.13. The molecule has 1 aliphatic rings. The summed E-state index contributed by atoms with van der Waals surface area (Å²) >= 11 is 3.46. The highest BCUT2D eigenvalue weighted by molar-refractivity contribution is 9.10. The van der Waals surface area contributed by atoms with Crippen LogP contribution in [0.15, 0.2) is 46.9 Å². The second-order valence-electron chi connectivity index (χ2n) is 5.21. The molecule has 1 heterocycles. The van der Waals surface area contributed by atoms with Gasteiger partial charge in [-0.2, -0.15) is 0 Å². The maximum atomic E-state index is 3.54. The van der Waals surface area contributed by atoms with Gasteiger partial charge in [0.2, 0.25) is 0 Å². The smallest absolute Gasteiger partial charge is 0.0418 e. The quantitative estimate of drug-likeness (QED) is 0.881. The number of benzene rings is 2. The van der Waals surface area contributed by atoms with E-state index in [1.54, 1.807) is 0 Å². The topological polar surface area (TPSA) is 24.1 Å². The molecule has 0 atom stereocenters. The Kier molecular flexibility index (Phi) is 4.38. The maximum absolute atomic E-state index is 3.54. The zero-order valence-electron chi connectivity index (χ0n) is 11.5. The van der Waals surface area contributed by atoms with Gasteiger partial charge in [-0.3, -0.25) is 0 Å². The molecule has 104 valence electrons. The minimum absolute atomic E-state index is 0.900. The Morgan fingerprint density at radius 1 is 1.05 bits per heavy atom. The number of aryl methyl sites for hydroxylation is 1. The van der Waals surface area contributed by atoms with E-state index in [9.17, 15) is 0 Å².